The predicted octanol–water partition coefficient (Wildman–Crippen LogP) is 2.47. The molecule has 1 atom stereocenters. The highest BCUT2D eigenvalue weighted by Crippen LogP contribution is 2.21. The second kappa shape index (κ2) is 4.23. The molecule has 4 nitrogen and oxygen atoms in total. The summed E-state index contributed by atoms with van der Waals surface area (Å²) >= 11 is 0. The highest BCUT2D eigenvalue weighted by Gasteiger charge is 2.08. The zero-order chi connectivity index (χ0) is 12.5. The van der Waals surface area contributed by atoms with E-state index in [4.69, 9.17) is 0 Å². The lowest BCUT2D eigenvalue weighted by atomic mass is 10.1. The number of nitrogens with zero attached hydrogens (tertiary/aromatic N) is 3. The minimum Gasteiger partial charge on any atom is -0.389 e. The molecule has 0 radical (unpaired) electrons. The van der Waals surface area contributed by atoms with E-state index >= 15 is 0 Å². The maximum Gasteiger partial charge on any atom is 0.153 e. The molecule has 3 aromatic rings. The van der Waals surface area contributed by atoms with Crippen molar-refractivity contribution in [3.8, 4) is 5.82 Å². The van der Waals surface area contributed by atoms with Gasteiger partial charge in [0.15, 0.2) is 5.82 Å². The molecule has 0 aliphatic heterocycles. The van der Waals surface area contributed by atoms with Crippen LogP contribution in [-0.2, 0) is 0 Å². The molecule has 0 saturated carbocycles. The lowest BCUT2D eigenvalue weighted by molar-refractivity contribution is 0.199. The van der Waals surface area contributed by atoms with E-state index in [-0.39, 0.29) is 0 Å². The Kier molecular flexibility index (Phi) is 2.57. The van der Waals surface area contributed by atoms with Crippen LogP contribution in [0, 0.1) is 0 Å². The molecule has 0 aliphatic rings. The zero-order valence-electron chi connectivity index (χ0n) is 9.99. The summed E-state index contributed by atoms with van der Waals surface area (Å²) in [5.41, 5.74) is 1.88. The quantitative estimate of drug-likeness (QED) is 0.747. The van der Waals surface area contributed by atoms with Crippen molar-refractivity contribution in [3.63, 3.8) is 0 Å². The fourth-order valence-electron chi connectivity index (χ4n) is 1.97. The summed E-state index contributed by atoms with van der Waals surface area (Å²) < 4.78 is 1.79. The first-order valence-corrected chi connectivity index (χ1v) is 5.83. The van der Waals surface area contributed by atoms with Crippen LogP contribution in [0.3, 0.4) is 0 Å². The highest BCUT2D eigenvalue weighted by molar-refractivity contribution is 5.80. The number of rotatable bonds is 2. The Morgan fingerprint density at radius 2 is 2.11 bits per heavy atom. The topological polar surface area (TPSA) is 50.9 Å². The molecule has 1 aromatic carbocycles. The number of aliphatic hydroxyl groups is 1. The molecule has 3 rings (SSSR count). The van der Waals surface area contributed by atoms with Gasteiger partial charge in [-0.05, 0) is 36.8 Å². The summed E-state index contributed by atoms with van der Waals surface area (Å²) in [7, 11) is 0. The Bertz CT molecular complexity index is 674. The third-order valence-electron chi connectivity index (χ3n) is 2.94. The van der Waals surface area contributed by atoms with Crippen LogP contribution in [-0.4, -0.2) is 19.9 Å². The summed E-state index contributed by atoms with van der Waals surface area (Å²) in [6, 6.07) is 11.5. The van der Waals surface area contributed by atoms with Gasteiger partial charge in [0.2, 0.25) is 0 Å². The van der Waals surface area contributed by atoms with Crippen molar-refractivity contribution in [2.75, 3.05) is 0 Å². The summed E-state index contributed by atoms with van der Waals surface area (Å²) in [5, 5.41) is 14.9. The fraction of sp³-hybridized carbons (Fsp3) is 0.143. The van der Waals surface area contributed by atoms with E-state index in [0.717, 1.165) is 22.3 Å². The average Bonchev–Trinajstić information content (AvgIpc) is 2.82. The molecule has 0 bridgehead atoms. The summed E-state index contributed by atoms with van der Waals surface area (Å²) in [6.07, 6.45) is 3.07. The van der Waals surface area contributed by atoms with Crippen molar-refractivity contribution in [3.05, 3.63) is 54.4 Å². The molecule has 0 fully saturated rings. The van der Waals surface area contributed by atoms with Crippen LogP contribution in [0.15, 0.2) is 48.8 Å². The second-order valence-electron chi connectivity index (χ2n) is 4.24. The maximum absolute atomic E-state index is 9.57. The normalized spacial score (nSPS) is 12.8. The van der Waals surface area contributed by atoms with Crippen molar-refractivity contribution in [1.82, 2.24) is 14.8 Å². The van der Waals surface area contributed by atoms with Crippen molar-refractivity contribution in [2.45, 2.75) is 13.0 Å². The summed E-state index contributed by atoms with van der Waals surface area (Å²) in [5.74, 6) is 0.789. The molecule has 18 heavy (non-hydrogen) atoms. The van der Waals surface area contributed by atoms with Gasteiger partial charge >= 0.3 is 0 Å². The monoisotopic (exact) mass is 239 g/mol. The molecule has 4 heteroatoms. The first-order valence-electron chi connectivity index (χ1n) is 5.83. The second-order valence-corrected chi connectivity index (χ2v) is 4.24. The molecule has 0 amide bonds. The Morgan fingerprint density at radius 3 is 2.83 bits per heavy atom. The van der Waals surface area contributed by atoms with Gasteiger partial charge < -0.3 is 5.11 Å². The van der Waals surface area contributed by atoms with E-state index in [2.05, 4.69) is 10.1 Å². The predicted molar refractivity (Wildman–Crippen MR) is 69.5 cm³/mol. The van der Waals surface area contributed by atoms with Gasteiger partial charge in [0.1, 0.15) is 0 Å². The number of hydrogen-bond donors (Lipinski definition) is 1. The van der Waals surface area contributed by atoms with Crippen LogP contribution in [0.4, 0.5) is 0 Å². The van der Waals surface area contributed by atoms with Gasteiger partial charge in [-0.3, -0.25) is 0 Å². The van der Waals surface area contributed by atoms with Gasteiger partial charge in [0, 0.05) is 11.6 Å². The van der Waals surface area contributed by atoms with Crippen LogP contribution in [0.2, 0.25) is 0 Å². The lowest BCUT2D eigenvalue weighted by Gasteiger charge is -2.05. The van der Waals surface area contributed by atoms with E-state index in [1.165, 1.54) is 0 Å². The standard InChI is InChI=1S/C14H13N3O/c1-10(18)11-5-6-13-12(8-11)9-16-17(13)14-4-2-3-7-15-14/h2-10,18H,1H3. The lowest BCUT2D eigenvalue weighted by Crippen LogP contribution is -1.98. The van der Waals surface area contributed by atoms with Crippen LogP contribution in [0.5, 0.6) is 0 Å². The average molecular weight is 239 g/mol. The largest absolute Gasteiger partial charge is 0.389 e. The molecule has 0 spiro atoms. The third kappa shape index (κ3) is 1.76. The minimum atomic E-state index is -0.465. The molecule has 2 aromatic heterocycles. The van der Waals surface area contributed by atoms with Crippen molar-refractivity contribution in [1.29, 1.82) is 0 Å². The van der Waals surface area contributed by atoms with Crippen LogP contribution >= 0.6 is 0 Å². The first kappa shape index (κ1) is 10.9. The molecule has 90 valence electrons. The number of fused-ring (bicyclic) bond motifs is 1. The zero-order valence-corrected chi connectivity index (χ0v) is 9.99. The molecular weight excluding hydrogens is 226 g/mol. The van der Waals surface area contributed by atoms with Crippen LogP contribution < -0.4 is 0 Å². The summed E-state index contributed by atoms with van der Waals surface area (Å²) in [4.78, 5) is 4.28. The van der Waals surface area contributed by atoms with Gasteiger partial charge in [-0.25, -0.2) is 9.67 Å². The maximum atomic E-state index is 9.57. The number of hydrogen-bond acceptors (Lipinski definition) is 3. The molecular formula is C14H13N3O. The Balaban J connectivity index is 2.16. The van der Waals surface area contributed by atoms with Gasteiger partial charge in [-0.2, -0.15) is 5.10 Å². The Morgan fingerprint density at radius 1 is 1.22 bits per heavy atom. The van der Waals surface area contributed by atoms with Crippen LogP contribution in [0.25, 0.3) is 16.7 Å². The first-order chi connectivity index (χ1) is 8.75. The molecule has 2 heterocycles. The Labute approximate surface area is 105 Å². The Hall–Kier alpha value is -2.20. The van der Waals surface area contributed by atoms with Gasteiger partial charge in [0.25, 0.3) is 0 Å². The van der Waals surface area contributed by atoms with Crippen LogP contribution in [0.1, 0.15) is 18.6 Å². The third-order valence-corrected chi connectivity index (χ3v) is 2.94. The van der Waals surface area contributed by atoms with Crippen molar-refractivity contribution < 1.29 is 5.11 Å². The molecule has 0 aliphatic carbocycles. The summed E-state index contributed by atoms with van der Waals surface area (Å²) in [6.45, 7) is 1.75. The molecule has 1 N–H and O–H groups in total. The minimum absolute atomic E-state index is 0.465. The highest BCUT2D eigenvalue weighted by atomic mass is 16.3. The fourth-order valence-corrected chi connectivity index (χ4v) is 1.97. The van der Waals surface area contributed by atoms with E-state index in [1.54, 1.807) is 24.0 Å². The smallest absolute Gasteiger partial charge is 0.153 e. The van der Waals surface area contributed by atoms with E-state index in [0.29, 0.717) is 0 Å². The number of aliphatic hydroxyl groups excluding tert-OH is 1. The van der Waals surface area contributed by atoms with Crippen molar-refractivity contribution in [2.24, 2.45) is 0 Å². The molecule has 1 unspecified atom stereocenters. The SMILES string of the molecule is CC(O)c1ccc2c(cnn2-c2ccccn2)c1. The van der Waals surface area contributed by atoms with E-state index < -0.39 is 6.10 Å². The number of aromatic nitrogens is 3. The van der Waals surface area contributed by atoms with Gasteiger partial charge in [-0.15, -0.1) is 0 Å². The number of benzene rings is 1. The van der Waals surface area contributed by atoms with E-state index in [9.17, 15) is 5.11 Å². The van der Waals surface area contributed by atoms with Crippen molar-refractivity contribution >= 4 is 10.9 Å². The molecule has 0 saturated heterocycles. The van der Waals surface area contributed by atoms with Gasteiger partial charge in [-0.1, -0.05) is 12.1 Å². The number of pyridine rings is 1. The van der Waals surface area contributed by atoms with E-state index in [1.807, 2.05) is 36.4 Å². The van der Waals surface area contributed by atoms with Gasteiger partial charge in [0.05, 0.1) is 17.8 Å².